The molecule has 476 valence electrons. The highest BCUT2D eigenvalue weighted by Gasteiger charge is 2.21. The molecule has 6 heteroatoms. The van der Waals surface area contributed by atoms with E-state index >= 15 is 0 Å². The highest BCUT2D eigenvalue weighted by atomic mass is 16.3. The maximum atomic E-state index is 6.30. The fraction of sp³-hybridized carbons (Fsp3) is 0. The van der Waals surface area contributed by atoms with Crippen molar-refractivity contribution in [2.45, 2.75) is 0 Å². The minimum absolute atomic E-state index is 0.899. The Morgan fingerprint density at radius 1 is 0.137 bits per heavy atom. The van der Waals surface area contributed by atoms with Crippen LogP contribution in [0.25, 0.3) is 198 Å². The number of hydrogen-bond donors (Lipinski definition) is 0. The van der Waals surface area contributed by atoms with Crippen molar-refractivity contribution in [3.05, 3.63) is 364 Å². The molecular weight excluding hydrogens is 1240 g/mol. The van der Waals surface area contributed by atoms with Crippen LogP contribution in [0.2, 0.25) is 0 Å². The molecule has 6 heterocycles. The third-order valence-electron chi connectivity index (χ3n) is 21.1. The van der Waals surface area contributed by atoms with Crippen LogP contribution in [0.5, 0.6) is 0 Å². The molecule has 22 rings (SSSR count). The Labute approximate surface area is 585 Å². The Balaban J connectivity index is 0.000000133. The molecular formula is C96H60N4O2. The number of hydrogen-bond acceptors (Lipinski definition) is 2. The molecule has 0 bridgehead atoms. The number of benzene rings is 16. The third-order valence-corrected chi connectivity index (χ3v) is 21.1. The van der Waals surface area contributed by atoms with Crippen molar-refractivity contribution in [2.75, 3.05) is 0 Å². The summed E-state index contributed by atoms with van der Waals surface area (Å²) in [7, 11) is 0. The lowest BCUT2D eigenvalue weighted by Crippen LogP contribution is -1.94. The van der Waals surface area contributed by atoms with Gasteiger partial charge in [0, 0.05) is 93.5 Å². The lowest BCUT2D eigenvalue weighted by atomic mass is 10.0. The van der Waals surface area contributed by atoms with Gasteiger partial charge >= 0.3 is 0 Å². The highest BCUT2D eigenvalue weighted by molar-refractivity contribution is 6.16. The third kappa shape index (κ3) is 9.13. The summed E-state index contributed by atoms with van der Waals surface area (Å²) in [6, 6.07) is 131. The van der Waals surface area contributed by atoms with Crippen molar-refractivity contribution in [1.29, 1.82) is 0 Å². The lowest BCUT2D eigenvalue weighted by Gasteiger charge is -2.10. The van der Waals surface area contributed by atoms with E-state index in [0.717, 1.165) is 66.6 Å². The fourth-order valence-corrected chi connectivity index (χ4v) is 16.3. The van der Waals surface area contributed by atoms with Crippen molar-refractivity contribution < 1.29 is 8.83 Å². The first kappa shape index (κ1) is 57.4. The minimum atomic E-state index is 0.899. The quantitative estimate of drug-likeness (QED) is 0.152. The van der Waals surface area contributed by atoms with Crippen molar-refractivity contribution >= 4 is 131 Å². The summed E-state index contributed by atoms with van der Waals surface area (Å²) in [5.74, 6) is 0. The van der Waals surface area contributed by atoms with E-state index in [9.17, 15) is 0 Å². The second kappa shape index (κ2) is 23.0. The van der Waals surface area contributed by atoms with E-state index in [1.807, 2.05) is 24.3 Å². The number of rotatable bonds is 8. The van der Waals surface area contributed by atoms with Crippen molar-refractivity contribution in [2.24, 2.45) is 0 Å². The van der Waals surface area contributed by atoms with Crippen molar-refractivity contribution in [3.63, 3.8) is 0 Å². The Bertz CT molecular complexity index is 7090. The molecule has 6 nitrogen and oxygen atoms in total. The molecule has 0 N–H and O–H groups in total. The van der Waals surface area contributed by atoms with Gasteiger partial charge in [0.05, 0.1) is 44.1 Å². The molecule has 0 unspecified atom stereocenters. The molecule has 0 amide bonds. The zero-order valence-corrected chi connectivity index (χ0v) is 55.2. The second-order valence-electron chi connectivity index (χ2n) is 26.7. The van der Waals surface area contributed by atoms with Crippen LogP contribution in [0.15, 0.2) is 373 Å². The van der Waals surface area contributed by atoms with Gasteiger partial charge in [-0.2, -0.15) is 0 Å². The van der Waals surface area contributed by atoms with Gasteiger partial charge in [0.25, 0.3) is 0 Å². The van der Waals surface area contributed by atoms with Gasteiger partial charge in [-0.05, 0) is 184 Å². The van der Waals surface area contributed by atoms with Gasteiger partial charge in [-0.25, -0.2) is 0 Å². The topological polar surface area (TPSA) is 46.0 Å². The summed E-state index contributed by atoms with van der Waals surface area (Å²) in [5.41, 5.74) is 27.4. The molecule has 16 aromatic carbocycles. The van der Waals surface area contributed by atoms with Crippen LogP contribution in [-0.2, 0) is 0 Å². The van der Waals surface area contributed by atoms with Crippen LogP contribution in [0, 0.1) is 0 Å². The maximum absolute atomic E-state index is 6.30. The number of nitrogens with zero attached hydrogens (tertiary/aromatic N) is 4. The first-order valence-electron chi connectivity index (χ1n) is 34.9. The van der Waals surface area contributed by atoms with Crippen molar-refractivity contribution in [1.82, 2.24) is 18.3 Å². The fourth-order valence-electron chi connectivity index (χ4n) is 16.3. The van der Waals surface area contributed by atoms with Crippen LogP contribution in [0.1, 0.15) is 0 Å². The molecule has 0 radical (unpaired) electrons. The van der Waals surface area contributed by atoms with E-state index in [1.165, 1.54) is 132 Å². The van der Waals surface area contributed by atoms with E-state index in [1.54, 1.807) is 0 Å². The van der Waals surface area contributed by atoms with Crippen LogP contribution >= 0.6 is 0 Å². The summed E-state index contributed by atoms with van der Waals surface area (Å²) in [4.78, 5) is 0. The first-order chi connectivity index (χ1) is 50.6. The Kier molecular flexibility index (Phi) is 12.9. The monoisotopic (exact) mass is 1300 g/mol. The normalized spacial score (nSPS) is 11.9. The molecule has 0 atom stereocenters. The summed E-state index contributed by atoms with van der Waals surface area (Å²) >= 11 is 0. The molecule has 0 spiro atoms. The molecule has 0 saturated carbocycles. The standard InChI is InChI=1S/2C48H30N2O/c1-2-10-31(11-3-1)32-18-22-35(23-19-32)49-43-15-7-4-12-37(43)41-28-33(20-26-45(41)49)34-21-27-46-42(29-34)38-13-5-8-16-44(38)50(46)36-24-25-40-39-14-6-9-17-47(39)51-48(40)30-36;1-2-10-31(11-3-1)32-18-22-35(23-19-32)49-43-15-7-4-12-37(43)40-28-33(20-25-45(40)49)34-21-26-46-41(29-34)38-13-5-8-16-44(38)50(46)36-24-27-48-42(30-36)39-14-6-9-17-47(39)51-48/h2*1-30H. The average molecular weight is 1300 g/mol. The zero-order chi connectivity index (χ0) is 66.9. The Hall–Kier alpha value is -13.7. The maximum Gasteiger partial charge on any atom is 0.137 e. The molecule has 22 aromatic rings. The molecule has 0 saturated heterocycles. The summed E-state index contributed by atoms with van der Waals surface area (Å²) in [6.45, 7) is 0. The minimum Gasteiger partial charge on any atom is -0.456 e. The summed E-state index contributed by atoms with van der Waals surface area (Å²) < 4.78 is 22.0. The van der Waals surface area contributed by atoms with E-state index < -0.39 is 0 Å². The first-order valence-corrected chi connectivity index (χ1v) is 34.9. The largest absolute Gasteiger partial charge is 0.456 e. The smallest absolute Gasteiger partial charge is 0.137 e. The number of fused-ring (bicyclic) bond motifs is 18. The van der Waals surface area contributed by atoms with Crippen molar-refractivity contribution in [3.8, 4) is 67.3 Å². The van der Waals surface area contributed by atoms with E-state index in [2.05, 4.69) is 358 Å². The summed E-state index contributed by atoms with van der Waals surface area (Å²) in [5, 5.41) is 14.5. The van der Waals surface area contributed by atoms with E-state index in [4.69, 9.17) is 8.83 Å². The number of aromatic nitrogens is 4. The Morgan fingerprint density at radius 3 is 0.814 bits per heavy atom. The van der Waals surface area contributed by atoms with Gasteiger partial charge in [0.2, 0.25) is 0 Å². The average Bonchev–Trinajstić information content (AvgIpc) is 1.58. The van der Waals surface area contributed by atoms with Crippen LogP contribution in [0.4, 0.5) is 0 Å². The van der Waals surface area contributed by atoms with Gasteiger partial charge in [-0.3, -0.25) is 0 Å². The predicted octanol–water partition coefficient (Wildman–Crippen LogP) is 26.2. The van der Waals surface area contributed by atoms with E-state index in [0.29, 0.717) is 0 Å². The van der Waals surface area contributed by atoms with Crippen LogP contribution < -0.4 is 0 Å². The molecule has 0 fully saturated rings. The SMILES string of the molecule is c1ccc(-c2ccc(-n3c4ccccc4c4cc(-c5ccc6c(c5)c5ccccc5n6-c5ccc6c(c5)oc5ccccc56)ccc43)cc2)cc1.c1ccc(-c2ccc(-n3c4ccccc4c4cc(-c5ccc6c(c5)c5ccccc5n6-c5ccc6oc7ccccc7c6c5)ccc43)cc2)cc1. The van der Waals surface area contributed by atoms with Gasteiger partial charge in [-0.1, -0.05) is 218 Å². The molecule has 0 aliphatic heterocycles. The molecule has 0 aliphatic carbocycles. The molecule has 6 aromatic heterocycles. The van der Waals surface area contributed by atoms with Gasteiger partial charge in [0.1, 0.15) is 22.3 Å². The number of furan rings is 2. The van der Waals surface area contributed by atoms with Crippen LogP contribution in [0.3, 0.4) is 0 Å². The van der Waals surface area contributed by atoms with Gasteiger partial charge in [-0.15, -0.1) is 0 Å². The van der Waals surface area contributed by atoms with Gasteiger partial charge in [0.15, 0.2) is 0 Å². The lowest BCUT2D eigenvalue weighted by molar-refractivity contribution is 0.668. The highest BCUT2D eigenvalue weighted by Crippen LogP contribution is 2.43. The predicted molar refractivity (Wildman–Crippen MR) is 427 cm³/mol. The van der Waals surface area contributed by atoms with E-state index in [-0.39, 0.29) is 0 Å². The van der Waals surface area contributed by atoms with Gasteiger partial charge < -0.3 is 27.1 Å². The molecule has 102 heavy (non-hydrogen) atoms. The summed E-state index contributed by atoms with van der Waals surface area (Å²) in [6.07, 6.45) is 0. The van der Waals surface area contributed by atoms with Crippen LogP contribution in [-0.4, -0.2) is 18.3 Å². The zero-order valence-electron chi connectivity index (χ0n) is 55.2. The Morgan fingerprint density at radius 2 is 0.402 bits per heavy atom. The molecule has 0 aliphatic rings. The second-order valence-corrected chi connectivity index (χ2v) is 26.7. The number of para-hydroxylation sites is 6.